The molecule has 0 saturated heterocycles. The van der Waals surface area contributed by atoms with Crippen LogP contribution in [0.25, 0.3) is 0 Å². The fraction of sp³-hybridized carbons (Fsp3) is 0.296. The van der Waals surface area contributed by atoms with Crippen LogP contribution in [0, 0.1) is 0 Å². The van der Waals surface area contributed by atoms with Crippen molar-refractivity contribution in [2.24, 2.45) is 0 Å². The largest absolute Gasteiger partial charge is 0.486 e. The Kier molecular flexibility index (Phi) is 6.74. The maximum atomic E-state index is 13.5. The Hall–Kier alpha value is -3.36. The Labute approximate surface area is 205 Å². The van der Waals surface area contributed by atoms with Gasteiger partial charge in [0.15, 0.2) is 11.5 Å². The minimum Gasteiger partial charge on any atom is -0.486 e. The van der Waals surface area contributed by atoms with Crippen LogP contribution in [0.5, 0.6) is 11.5 Å². The average Bonchev–Trinajstić information content (AvgIpc) is 2.89. The first-order valence-electron chi connectivity index (χ1n) is 11.8. The summed E-state index contributed by atoms with van der Waals surface area (Å²) in [5.41, 5.74) is 3.18. The molecule has 1 aliphatic heterocycles. The first-order chi connectivity index (χ1) is 17.0. The van der Waals surface area contributed by atoms with Crippen molar-refractivity contribution in [3.8, 4) is 11.5 Å². The summed E-state index contributed by atoms with van der Waals surface area (Å²) in [7, 11) is -4.01. The zero-order valence-electron chi connectivity index (χ0n) is 19.3. The molecular formula is C27H28N2O5S. The molecule has 5 rings (SSSR count). The monoisotopic (exact) mass is 492 g/mol. The van der Waals surface area contributed by atoms with Gasteiger partial charge in [0.25, 0.3) is 0 Å². The second kappa shape index (κ2) is 10.1. The van der Waals surface area contributed by atoms with Crippen LogP contribution in [0.1, 0.15) is 35.6 Å². The van der Waals surface area contributed by atoms with Crippen LogP contribution in [0.4, 0.5) is 0 Å². The lowest BCUT2D eigenvalue weighted by Gasteiger charge is -2.28. The summed E-state index contributed by atoms with van der Waals surface area (Å²) in [6.07, 6.45) is 2.99. The molecule has 3 aromatic carbocycles. The molecule has 182 valence electrons. The van der Waals surface area contributed by atoms with Gasteiger partial charge in [-0.15, -0.1) is 0 Å². The summed E-state index contributed by atoms with van der Waals surface area (Å²) in [6, 6.07) is 20.8. The summed E-state index contributed by atoms with van der Waals surface area (Å²) >= 11 is 0. The molecule has 1 aliphatic carbocycles. The lowest BCUT2D eigenvalue weighted by atomic mass is 9.87. The van der Waals surface area contributed by atoms with Crippen LogP contribution >= 0.6 is 0 Å². The summed E-state index contributed by atoms with van der Waals surface area (Å²) < 4.78 is 40.3. The third-order valence-electron chi connectivity index (χ3n) is 6.41. The highest BCUT2D eigenvalue weighted by molar-refractivity contribution is 7.89. The van der Waals surface area contributed by atoms with Gasteiger partial charge < -0.3 is 14.8 Å². The fourth-order valence-electron chi connectivity index (χ4n) is 4.66. The number of sulfonamides is 1. The van der Waals surface area contributed by atoms with Crippen LogP contribution in [0.2, 0.25) is 0 Å². The molecule has 0 radical (unpaired) electrons. The Bertz CT molecular complexity index is 1310. The highest BCUT2D eigenvalue weighted by atomic mass is 32.2. The van der Waals surface area contributed by atoms with Crippen molar-refractivity contribution in [2.75, 3.05) is 13.2 Å². The Morgan fingerprint density at radius 1 is 0.943 bits per heavy atom. The van der Waals surface area contributed by atoms with Gasteiger partial charge in [0, 0.05) is 6.07 Å². The van der Waals surface area contributed by atoms with Crippen LogP contribution < -0.4 is 19.5 Å². The van der Waals surface area contributed by atoms with E-state index in [-0.39, 0.29) is 23.3 Å². The molecule has 1 amide bonds. The zero-order chi connectivity index (χ0) is 24.3. The van der Waals surface area contributed by atoms with Crippen molar-refractivity contribution in [3.05, 3.63) is 89.5 Å². The zero-order valence-corrected chi connectivity index (χ0v) is 20.1. The predicted molar refractivity (Wildman–Crippen MR) is 132 cm³/mol. The van der Waals surface area contributed by atoms with Crippen LogP contribution in [-0.2, 0) is 27.7 Å². The molecule has 2 aliphatic rings. The van der Waals surface area contributed by atoms with E-state index in [4.69, 9.17) is 9.47 Å². The topological polar surface area (TPSA) is 93.7 Å². The molecule has 0 spiro atoms. The molecule has 2 atom stereocenters. The van der Waals surface area contributed by atoms with Crippen molar-refractivity contribution >= 4 is 15.9 Å². The van der Waals surface area contributed by atoms with E-state index < -0.39 is 16.1 Å². The molecule has 0 aromatic heterocycles. The van der Waals surface area contributed by atoms with Gasteiger partial charge in [-0.25, -0.2) is 8.42 Å². The maximum absolute atomic E-state index is 13.5. The molecule has 7 nitrogen and oxygen atoms in total. The SMILES string of the molecule is O=C(N[C@@H]1CCCc2ccccc21)[C@@H](Cc1ccccc1)NS(=O)(=O)c1ccc2c(c1)OCCO2. The first-order valence-corrected chi connectivity index (χ1v) is 13.3. The summed E-state index contributed by atoms with van der Waals surface area (Å²) in [4.78, 5) is 13.5. The first kappa shape index (κ1) is 23.4. The van der Waals surface area contributed by atoms with Gasteiger partial charge in [-0.05, 0) is 54.5 Å². The standard InChI is InChI=1S/C27H28N2O5S/c30-27(28-23-12-6-10-20-9-4-5-11-22(20)23)24(17-19-7-2-1-3-8-19)29-35(31,32)21-13-14-25-26(18-21)34-16-15-33-25/h1-5,7-9,11,13-14,18,23-24,29H,6,10,12,15-17H2,(H,28,30)/t23-,24-/m1/s1. The molecule has 0 saturated carbocycles. The second-order valence-electron chi connectivity index (χ2n) is 8.82. The number of hydrogen-bond acceptors (Lipinski definition) is 5. The van der Waals surface area contributed by atoms with Gasteiger partial charge >= 0.3 is 0 Å². The third kappa shape index (κ3) is 5.33. The normalized spacial score (nSPS) is 17.8. The lowest BCUT2D eigenvalue weighted by Crippen LogP contribution is -2.49. The molecule has 35 heavy (non-hydrogen) atoms. The third-order valence-corrected chi connectivity index (χ3v) is 7.88. The number of carbonyl (C=O) groups excluding carboxylic acids is 1. The van der Waals surface area contributed by atoms with Crippen LogP contribution in [0.3, 0.4) is 0 Å². The molecule has 0 unspecified atom stereocenters. The van der Waals surface area contributed by atoms with Gasteiger partial charge in [0.2, 0.25) is 15.9 Å². The van der Waals surface area contributed by atoms with Gasteiger partial charge in [-0.1, -0.05) is 54.6 Å². The second-order valence-corrected chi connectivity index (χ2v) is 10.5. The smallest absolute Gasteiger partial charge is 0.241 e. The number of amides is 1. The summed E-state index contributed by atoms with van der Waals surface area (Å²) in [6.45, 7) is 0.771. The summed E-state index contributed by atoms with van der Waals surface area (Å²) in [5.74, 6) is 0.531. The van der Waals surface area contributed by atoms with Crippen LogP contribution in [0.15, 0.2) is 77.7 Å². The van der Waals surface area contributed by atoms with Crippen LogP contribution in [-0.4, -0.2) is 33.6 Å². The average molecular weight is 493 g/mol. The minimum atomic E-state index is -4.01. The van der Waals surface area contributed by atoms with Crippen molar-refractivity contribution in [3.63, 3.8) is 0 Å². The van der Waals surface area contributed by atoms with E-state index in [0.29, 0.717) is 24.7 Å². The van der Waals surface area contributed by atoms with E-state index in [9.17, 15) is 13.2 Å². The Balaban J connectivity index is 1.40. The lowest BCUT2D eigenvalue weighted by molar-refractivity contribution is -0.123. The maximum Gasteiger partial charge on any atom is 0.241 e. The highest BCUT2D eigenvalue weighted by Crippen LogP contribution is 2.32. The molecule has 8 heteroatoms. The molecule has 2 N–H and O–H groups in total. The number of nitrogens with one attached hydrogen (secondary N) is 2. The predicted octanol–water partition coefficient (Wildman–Crippen LogP) is 3.54. The molecular weight excluding hydrogens is 464 g/mol. The van der Waals surface area contributed by atoms with Gasteiger partial charge in [0.05, 0.1) is 10.9 Å². The van der Waals surface area contributed by atoms with E-state index in [1.807, 2.05) is 48.5 Å². The number of benzene rings is 3. The van der Waals surface area contributed by atoms with Gasteiger partial charge in [-0.3, -0.25) is 4.79 Å². The molecule has 1 heterocycles. The van der Waals surface area contributed by atoms with E-state index >= 15 is 0 Å². The minimum absolute atomic E-state index is 0.0237. The highest BCUT2D eigenvalue weighted by Gasteiger charge is 2.30. The Morgan fingerprint density at radius 3 is 2.51 bits per heavy atom. The van der Waals surface area contributed by atoms with Crippen molar-refractivity contribution in [1.82, 2.24) is 10.0 Å². The van der Waals surface area contributed by atoms with Gasteiger partial charge in [-0.2, -0.15) is 4.72 Å². The number of fused-ring (bicyclic) bond motifs is 2. The number of ether oxygens (including phenoxy) is 2. The quantitative estimate of drug-likeness (QED) is 0.526. The Morgan fingerprint density at radius 2 is 1.69 bits per heavy atom. The van der Waals surface area contributed by atoms with Crippen molar-refractivity contribution < 1.29 is 22.7 Å². The van der Waals surface area contributed by atoms with E-state index in [0.717, 1.165) is 30.4 Å². The van der Waals surface area contributed by atoms with Crippen molar-refractivity contribution in [1.29, 1.82) is 0 Å². The van der Waals surface area contributed by atoms with E-state index in [1.54, 1.807) is 6.07 Å². The number of carbonyl (C=O) groups is 1. The van der Waals surface area contributed by atoms with E-state index in [2.05, 4.69) is 16.1 Å². The number of hydrogen-bond donors (Lipinski definition) is 2. The number of aryl methyl sites for hydroxylation is 1. The number of rotatable bonds is 7. The molecule has 0 bridgehead atoms. The molecule has 0 fully saturated rings. The van der Waals surface area contributed by atoms with Gasteiger partial charge in [0.1, 0.15) is 19.3 Å². The fourth-order valence-corrected chi connectivity index (χ4v) is 5.87. The van der Waals surface area contributed by atoms with E-state index in [1.165, 1.54) is 17.7 Å². The summed E-state index contributed by atoms with van der Waals surface area (Å²) in [5, 5.41) is 3.11. The molecule has 3 aromatic rings. The van der Waals surface area contributed by atoms with Crippen molar-refractivity contribution in [2.45, 2.75) is 42.7 Å².